The molecule has 82 valence electrons. The Morgan fingerprint density at radius 1 is 1.20 bits per heavy atom. The second-order valence-corrected chi connectivity index (χ2v) is 7.48. The van der Waals surface area contributed by atoms with Gasteiger partial charge >= 0.3 is 0 Å². The SMILES string of the molecule is CC1(Cc2ccc(O)cc2)SCCCS1. The molecule has 1 aromatic carbocycles. The van der Waals surface area contributed by atoms with Crippen molar-refractivity contribution in [1.29, 1.82) is 0 Å². The Kier molecular flexibility index (Phi) is 3.52. The van der Waals surface area contributed by atoms with Crippen LogP contribution in [0.15, 0.2) is 24.3 Å². The van der Waals surface area contributed by atoms with Crippen LogP contribution in [0.1, 0.15) is 18.9 Å². The minimum absolute atomic E-state index is 0.329. The van der Waals surface area contributed by atoms with Crippen molar-refractivity contribution in [1.82, 2.24) is 0 Å². The molecule has 0 atom stereocenters. The van der Waals surface area contributed by atoms with Gasteiger partial charge in [-0.25, -0.2) is 0 Å². The fraction of sp³-hybridized carbons (Fsp3) is 0.500. The van der Waals surface area contributed by atoms with E-state index < -0.39 is 0 Å². The molecule has 1 nitrogen and oxygen atoms in total. The monoisotopic (exact) mass is 240 g/mol. The summed E-state index contributed by atoms with van der Waals surface area (Å²) < 4.78 is 0.329. The highest BCUT2D eigenvalue weighted by Gasteiger charge is 2.28. The third-order valence-corrected chi connectivity index (χ3v) is 5.77. The van der Waals surface area contributed by atoms with Gasteiger partial charge in [0.1, 0.15) is 5.75 Å². The van der Waals surface area contributed by atoms with Gasteiger partial charge in [-0.1, -0.05) is 12.1 Å². The fourth-order valence-electron chi connectivity index (χ4n) is 1.76. The first-order valence-corrected chi connectivity index (χ1v) is 7.21. The Labute approximate surface area is 99.7 Å². The van der Waals surface area contributed by atoms with E-state index in [1.165, 1.54) is 23.5 Å². The van der Waals surface area contributed by atoms with Gasteiger partial charge in [0, 0.05) is 0 Å². The lowest BCUT2D eigenvalue weighted by molar-refractivity contribution is 0.475. The lowest BCUT2D eigenvalue weighted by Crippen LogP contribution is -2.23. The summed E-state index contributed by atoms with van der Waals surface area (Å²) in [4.78, 5) is 0. The van der Waals surface area contributed by atoms with Crippen LogP contribution in [-0.4, -0.2) is 20.7 Å². The third-order valence-electron chi connectivity index (χ3n) is 2.57. The van der Waals surface area contributed by atoms with Crippen LogP contribution >= 0.6 is 23.5 Å². The highest BCUT2D eigenvalue weighted by Crippen LogP contribution is 2.44. The summed E-state index contributed by atoms with van der Waals surface area (Å²) in [7, 11) is 0. The Bertz CT molecular complexity index is 315. The molecule has 0 spiro atoms. The molecule has 15 heavy (non-hydrogen) atoms. The highest BCUT2D eigenvalue weighted by atomic mass is 32.2. The van der Waals surface area contributed by atoms with E-state index in [0.717, 1.165) is 6.42 Å². The molecule has 1 aliphatic rings. The highest BCUT2D eigenvalue weighted by molar-refractivity contribution is 8.18. The van der Waals surface area contributed by atoms with Gasteiger partial charge in [-0.05, 0) is 49.0 Å². The van der Waals surface area contributed by atoms with Gasteiger partial charge in [-0.2, -0.15) is 0 Å². The van der Waals surface area contributed by atoms with E-state index in [0.29, 0.717) is 9.83 Å². The number of benzene rings is 1. The van der Waals surface area contributed by atoms with Crippen molar-refractivity contribution in [3.63, 3.8) is 0 Å². The molecule has 0 radical (unpaired) electrons. The van der Waals surface area contributed by atoms with Crippen molar-refractivity contribution >= 4 is 23.5 Å². The maximum absolute atomic E-state index is 9.22. The van der Waals surface area contributed by atoms with Crippen LogP contribution in [0, 0.1) is 0 Å². The van der Waals surface area contributed by atoms with E-state index in [4.69, 9.17) is 0 Å². The molecule has 1 N–H and O–H groups in total. The topological polar surface area (TPSA) is 20.2 Å². The summed E-state index contributed by atoms with van der Waals surface area (Å²) >= 11 is 4.13. The molecule has 1 fully saturated rings. The lowest BCUT2D eigenvalue weighted by atomic mass is 10.1. The van der Waals surface area contributed by atoms with Crippen LogP contribution in [0.5, 0.6) is 5.75 Å². The Hall–Kier alpha value is -0.280. The second kappa shape index (κ2) is 4.71. The predicted octanol–water partition coefficient (Wildman–Crippen LogP) is 3.52. The normalized spacial score (nSPS) is 20.1. The summed E-state index contributed by atoms with van der Waals surface area (Å²) in [5, 5.41) is 9.22. The molecule has 2 rings (SSSR count). The number of phenolic OH excluding ortho intramolecular Hbond substituents is 1. The van der Waals surface area contributed by atoms with Gasteiger partial charge in [-0.3, -0.25) is 0 Å². The Morgan fingerprint density at radius 3 is 2.40 bits per heavy atom. The van der Waals surface area contributed by atoms with Crippen molar-refractivity contribution in [2.24, 2.45) is 0 Å². The quantitative estimate of drug-likeness (QED) is 0.854. The smallest absolute Gasteiger partial charge is 0.115 e. The van der Waals surface area contributed by atoms with Crippen LogP contribution < -0.4 is 0 Å². The number of hydrogen-bond donors (Lipinski definition) is 1. The van der Waals surface area contributed by atoms with Crippen LogP contribution in [0.4, 0.5) is 0 Å². The van der Waals surface area contributed by atoms with Gasteiger partial charge < -0.3 is 5.11 Å². The average Bonchev–Trinajstić information content (AvgIpc) is 2.22. The van der Waals surface area contributed by atoms with Crippen molar-refractivity contribution in [2.75, 3.05) is 11.5 Å². The molecule has 0 unspecified atom stereocenters. The van der Waals surface area contributed by atoms with Crippen LogP contribution in [0.3, 0.4) is 0 Å². The number of phenols is 1. The summed E-state index contributed by atoms with van der Waals surface area (Å²) in [6.45, 7) is 2.33. The van der Waals surface area contributed by atoms with Gasteiger partial charge in [0.05, 0.1) is 4.08 Å². The summed E-state index contributed by atoms with van der Waals surface area (Å²) in [5.74, 6) is 2.91. The molecule has 0 amide bonds. The predicted molar refractivity (Wildman–Crippen MR) is 69.7 cm³/mol. The van der Waals surface area contributed by atoms with Gasteiger partial charge in [0.2, 0.25) is 0 Å². The van der Waals surface area contributed by atoms with Crippen molar-refractivity contribution in [3.05, 3.63) is 29.8 Å². The Morgan fingerprint density at radius 2 is 1.80 bits per heavy atom. The zero-order valence-corrected chi connectivity index (χ0v) is 10.5. The van der Waals surface area contributed by atoms with Crippen molar-refractivity contribution in [2.45, 2.75) is 23.8 Å². The summed E-state index contributed by atoms with van der Waals surface area (Å²) in [5.41, 5.74) is 1.32. The van der Waals surface area contributed by atoms with Crippen LogP contribution in [-0.2, 0) is 6.42 Å². The third kappa shape index (κ3) is 3.08. The van der Waals surface area contributed by atoms with Crippen LogP contribution in [0.25, 0.3) is 0 Å². The van der Waals surface area contributed by atoms with E-state index in [9.17, 15) is 5.11 Å². The van der Waals surface area contributed by atoms with Gasteiger partial charge in [-0.15, -0.1) is 23.5 Å². The molecule has 1 saturated heterocycles. The van der Waals surface area contributed by atoms with Crippen molar-refractivity contribution < 1.29 is 5.11 Å². The molecule has 1 heterocycles. The maximum atomic E-state index is 9.22. The molecule has 0 bridgehead atoms. The molecular weight excluding hydrogens is 224 g/mol. The van der Waals surface area contributed by atoms with Gasteiger partial charge in [0.15, 0.2) is 0 Å². The van der Waals surface area contributed by atoms with Gasteiger partial charge in [0.25, 0.3) is 0 Å². The molecule has 0 saturated carbocycles. The van der Waals surface area contributed by atoms with Crippen LogP contribution in [0.2, 0.25) is 0 Å². The summed E-state index contributed by atoms with van der Waals surface area (Å²) in [6.07, 6.45) is 2.42. The minimum atomic E-state index is 0.329. The molecule has 0 aromatic heterocycles. The van der Waals surface area contributed by atoms with E-state index in [1.54, 1.807) is 12.1 Å². The number of rotatable bonds is 2. The summed E-state index contributed by atoms with van der Waals surface area (Å²) in [6, 6.07) is 7.60. The largest absolute Gasteiger partial charge is 0.508 e. The average molecular weight is 240 g/mol. The molecule has 0 aliphatic carbocycles. The minimum Gasteiger partial charge on any atom is -0.508 e. The first-order valence-electron chi connectivity index (χ1n) is 5.24. The first kappa shape index (κ1) is 11.2. The molecule has 1 aliphatic heterocycles. The molecule has 1 aromatic rings. The standard InChI is InChI=1S/C12H16OS2/c1-12(14-7-2-8-15-12)9-10-3-5-11(13)6-4-10/h3-6,13H,2,7-9H2,1H3. The van der Waals surface area contributed by atoms with E-state index in [1.807, 2.05) is 12.1 Å². The van der Waals surface area contributed by atoms with Crippen molar-refractivity contribution in [3.8, 4) is 5.75 Å². The lowest BCUT2D eigenvalue weighted by Gasteiger charge is -2.32. The van der Waals surface area contributed by atoms with E-state index in [-0.39, 0.29) is 0 Å². The van der Waals surface area contributed by atoms with E-state index in [2.05, 4.69) is 30.4 Å². The molecular formula is C12H16OS2. The zero-order chi connectivity index (χ0) is 10.7. The first-order chi connectivity index (χ1) is 7.18. The fourth-order valence-corrected chi connectivity index (χ4v) is 4.76. The number of aromatic hydroxyl groups is 1. The maximum Gasteiger partial charge on any atom is 0.115 e. The number of hydrogen-bond acceptors (Lipinski definition) is 3. The van der Waals surface area contributed by atoms with E-state index >= 15 is 0 Å². The Balaban J connectivity index is 2.03. The molecule has 3 heteroatoms. The zero-order valence-electron chi connectivity index (χ0n) is 8.90. The second-order valence-electron chi connectivity index (χ2n) is 4.03. The number of thioether (sulfide) groups is 2.